The fourth-order valence-corrected chi connectivity index (χ4v) is 2.95. The maximum atomic E-state index is 12.3. The van der Waals surface area contributed by atoms with Crippen LogP contribution in [0.1, 0.15) is 52.4 Å². The highest BCUT2D eigenvalue weighted by Gasteiger charge is 2.41. The normalized spacial score (nSPS) is 18.3. The van der Waals surface area contributed by atoms with E-state index in [-0.39, 0.29) is 11.8 Å². The summed E-state index contributed by atoms with van der Waals surface area (Å²) in [5.74, 6) is -0.343. The quantitative estimate of drug-likeness (QED) is 0.640. The van der Waals surface area contributed by atoms with Crippen LogP contribution in [0.5, 0.6) is 0 Å². The third kappa shape index (κ3) is 3.08. The van der Waals surface area contributed by atoms with E-state index in [2.05, 4.69) is 5.32 Å². The molecule has 0 radical (unpaired) electrons. The summed E-state index contributed by atoms with van der Waals surface area (Å²) >= 11 is 0. The van der Waals surface area contributed by atoms with Gasteiger partial charge in [-0.2, -0.15) is 0 Å². The number of hydrogen-bond acceptors (Lipinski definition) is 3. The zero-order chi connectivity index (χ0) is 14.5. The van der Waals surface area contributed by atoms with Crippen molar-refractivity contribution < 1.29 is 9.59 Å². The summed E-state index contributed by atoms with van der Waals surface area (Å²) in [5, 5.41) is 2.92. The molecule has 2 amide bonds. The second-order valence-corrected chi connectivity index (χ2v) is 5.73. The number of carbonyl (C=O) groups excluding carboxylic acids is 2. The van der Waals surface area contributed by atoms with Gasteiger partial charge in [-0.05, 0) is 25.7 Å². The Bertz CT molecular complexity index is 323. The predicted octanol–water partition coefficient (Wildman–Crippen LogP) is 0.913. The second-order valence-electron chi connectivity index (χ2n) is 5.73. The zero-order valence-corrected chi connectivity index (χ0v) is 12.1. The highest BCUT2D eigenvalue weighted by molar-refractivity contribution is 5.85. The summed E-state index contributed by atoms with van der Waals surface area (Å²) in [6.45, 7) is 4.61. The summed E-state index contributed by atoms with van der Waals surface area (Å²) in [6, 6.07) is 0. The van der Waals surface area contributed by atoms with Crippen molar-refractivity contribution in [1.29, 1.82) is 0 Å². The first kappa shape index (κ1) is 16.0. The van der Waals surface area contributed by atoms with Crippen molar-refractivity contribution >= 4 is 11.8 Å². The molecule has 110 valence electrons. The fraction of sp³-hybridized carbons (Fsp3) is 0.857. The van der Waals surface area contributed by atoms with Crippen molar-refractivity contribution in [2.45, 2.75) is 52.4 Å². The van der Waals surface area contributed by atoms with E-state index >= 15 is 0 Å². The van der Waals surface area contributed by atoms with Crippen LogP contribution >= 0.6 is 0 Å². The van der Waals surface area contributed by atoms with Gasteiger partial charge in [0.2, 0.25) is 11.8 Å². The molecule has 0 heterocycles. The molecule has 1 fully saturated rings. The molecule has 0 aliphatic heterocycles. The minimum absolute atomic E-state index is 0.0486. The zero-order valence-electron chi connectivity index (χ0n) is 12.1. The van der Waals surface area contributed by atoms with E-state index in [0.29, 0.717) is 25.9 Å². The number of carbonyl (C=O) groups is 2. The van der Waals surface area contributed by atoms with Gasteiger partial charge in [0.15, 0.2) is 0 Å². The van der Waals surface area contributed by atoms with Gasteiger partial charge in [-0.25, -0.2) is 0 Å². The van der Waals surface area contributed by atoms with Gasteiger partial charge < -0.3 is 16.8 Å². The van der Waals surface area contributed by atoms with E-state index in [1.165, 1.54) is 0 Å². The lowest BCUT2D eigenvalue weighted by Crippen LogP contribution is -2.50. The summed E-state index contributed by atoms with van der Waals surface area (Å²) in [4.78, 5) is 24.0. The Kier molecular flexibility index (Phi) is 5.35. The van der Waals surface area contributed by atoms with Gasteiger partial charge in [-0.1, -0.05) is 26.7 Å². The Morgan fingerprint density at radius 1 is 1.21 bits per heavy atom. The smallest absolute Gasteiger partial charge is 0.227 e. The first-order chi connectivity index (χ1) is 8.96. The minimum atomic E-state index is -0.544. The first-order valence-corrected chi connectivity index (χ1v) is 7.24. The molecule has 0 unspecified atom stereocenters. The Labute approximate surface area is 115 Å². The largest absolute Gasteiger partial charge is 0.369 e. The van der Waals surface area contributed by atoms with Crippen molar-refractivity contribution in [2.24, 2.45) is 22.3 Å². The van der Waals surface area contributed by atoms with Crippen LogP contribution in [0.2, 0.25) is 0 Å². The molecule has 0 aromatic carbocycles. The maximum absolute atomic E-state index is 12.3. The fourth-order valence-electron chi connectivity index (χ4n) is 2.95. The van der Waals surface area contributed by atoms with Crippen molar-refractivity contribution in [2.75, 3.05) is 13.1 Å². The minimum Gasteiger partial charge on any atom is -0.369 e. The molecule has 0 aromatic rings. The summed E-state index contributed by atoms with van der Waals surface area (Å²) in [7, 11) is 0. The van der Waals surface area contributed by atoms with Crippen LogP contribution in [0.25, 0.3) is 0 Å². The molecule has 0 saturated heterocycles. The monoisotopic (exact) mass is 269 g/mol. The molecule has 5 N–H and O–H groups in total. The van der Waals surface area contributed by atoms with Crippen molar-refractivity contribution in [3.05, 3.63) is 0 Å². The number of amides is 2. The van der Waals surface area contributed by atoms with Crippen LogP contribution in [0.15, 0.2) is 0 Å². The number of rotatable bonds is 7. The Morgan fingerprint density at radius 2 is 1.74 bits per heavy atom. The lowest BCUT2D eigenvalue weighted by molar-refractivity contribution is -0.133. The van der Waals surface area contributed by atoms with Crippen molar-refractivity contribution in [3.63, 3.8) is 0 Å². The van der Waals surface area contributed by atoms with E-state index in [1.54, 1.807) is 0 Å². The standard InChI is InChI=1S/C14H27N3O2/c1-3-13(4-2,9-15)12(19)17-10-14(11(16)18)7-5-6-8-14/h3-10,15H2,1-2H3,(H2,16,18)(H,17,19). The van der Waals surface area contributed by atoms with Gasteiger partial charge >= 0.3 is 0 Å². The van der Waals surface area contributed by atoms with Gasteiger partial charge in [-0.15, -0.1) is 0 Å². The average Bonchev–Trinajstić information content (AvgIpc) is 2.89. The number of nitrogens with two attached hydrogens (primary N) is 2. The molecular weight excluding hydrogens is 242 g/mol. The lowest BCUT2D eigenvalue weighted by Gasteiger charge is -2.32. The Morgan fingerprint density at radius 3 is 2.11 bits per heavy atom. The van der Waals surface area contributed by atoms with Gasteiger partial charge in [0.25, 0.3) is 0 Å². The van der Waals surface area contributed by atoms with E-state index < -0.39 is 10.8 Å². The van der Waals surface area contributed by atoms with Crippen LogP contribution in [0.3, 0.4) is 0 Å². The van der Waals surface area contributed by atoms with Crippen LogP contribution in [-0.2, 0) is 9.59 Å². The Hall–Kier alpha value is -1.10. The van der Waals surface area contributed by atoms with Gasteiger partial charge in [-0.3, -0.25) is 9.59 Å². The van der Waals surface area contributed by atoms with Gasteiger partial charge in [0, 0.05) is 13.1 Å². The molecule has 0 bridgehead atoms. The van der Waals surface area contributed by atoms with E-state index in [9.17, 15) is 9.59 Å². The summed E-state index contributed by atoms with van der Waals surface area (Å²) in [5.41, 5.74) is 10.2. The van der Waals surface area contributed by atoms with E-state index in [0.717, 1.165) is 25.7 Å². The van der Waals surface area contributed by atoms with Gasteiger partial charge in [0.1, 0.15) is 0 Å². The summed E-state index contributed by atoms with van der Waals surface area (Å²) in [6.07, 6.45) is 4.96. The van der Waals surface area contributed by atoms with E-state index in [1.807, 2.05) is 13.8 Å². The molecule has 0 aromatic heterocycles. The molecular formula is C14H27N3O2. The average molecular weight is 269 g/mol. The van der Waals surface area contributed by atoms with Crippen molar-refractivity contribution in [1.82, 2.24) is 5.32 Å². The van der Waals surface area contributed by atoms with Crippen LogP contribution < -0.4 is 16.8 Å². The third-order valence-electron chi connectivity index (χ3n) is 4.90. The molecule has 1 rings (SSSR count). The first-order valence-electron chi connectivity index (χ1n) is 7.24. The molecule has 0 spiro atoms. The third-order valence-corrected chi connectivity index (χ3v) is 4.90. The number of hydrogen-bond donors (Lipinski definition) is 3. The highest BCUT2D eigenvalue weighted by Crippen LogP contribution is 2.37. The molecule has 1 saturated carbocycles. The Balaban J connectivity index is 2.69. The van der Waals surface area contributed by atoms with E-state index in [4.69, 9.17) is 11.5 Å². The summed E-state index contributed by atoms with van der Waals surface area (Å²) < 4.78 is 0. The van der Waals surface area contributed by atoms with Crippen LogP contribution in [0.4, 0.5) is 0 Å². The van der Waals surface area contributed by atoms with Gasteiger partial charge in [0.05, 0.1) is 10.8 Å². The molecule has 5 nitrogen and oxygen atoms in total. The molecule has 1 aliphatic rings. The topological polar surface area (TPSA) is 98.2 Å². The molecule has 19 heavy (non-hydrogen) atoms. The molecule has 1 aliphatic carbocycles. The highest BCUT2D eigenvalue weighted by atomic mass is 16.2. The molecule has 5 heteroatoms. The number of nitrogens with one attached hydrogen (secondary N) is 1. The predicted molar refractivity (Wildman–Crippen MR) is 75.2 cm³/mol. The maximum Gasteiger partial charge on any atom is 0.227 e. The SMILES string of the molecule is CCC(CC)(CN)C(=O)NCC1(C(N)=O)CCCC1. The molecule has 0 atom stereocenters. The lowest BCUT2D eigenvalue weighted by atomic mass is 9.80. The van der Waals surface area contributed by atoms with Crippen LogP contribution in [0, 0.1) is 10.8 Å². The second kappa shape index (κ2) is 6.37. The number of primary amides is 1. The van der Waals surface area contributed by atoms with Crippen molar-refractivity contribution in [3.8, 4) is 0 Å². The van der Waals surface area contributed by atoms with Crippen LogP contribution in [-0.4, -0.2) is 24.9 Å².